The van der Waals surface area contributed by atoms with Crippen molar-refractivity contribution in [3.63, 3.8) is 0 Å². The van der Waals surface area contributed by atoms with Gasteiger partial charge >= 0.3 is 0 Å². The molecule has 5 heterocycles. The lowest BCUT2D eigenvalue weighted by Gasteiger charge is -2.44. The Hall–Kier alpha value is -2.31. The third kappa shape index (κ3) is 3.35. The van der Waals surface area contributed by atoms with Gasteiger partial charge in [-0.05, 0) is 53.9 Å². The maximum absolute atomic E-state index is 5.02. The average Bonchev–Trinajstić information content (AvgIpc) is 3.28. The van der Waals surface area contributed by atoms with Crippen LogP contribution in [0.1, 0.15) is 19.3 Å². The van der Waals surface area contributed by atoms with Crippen LogP contribution in [0.15, 0.2) is 47.5 Å². The molecule has 1 atom stereocenters. The van der Waals surface area contributed by atoms with E-state index in [1.54, 1.807) is 17.5 Å². The first-order chi connectivity index (χ1) is 13.4. The third-order valence-corrected chi connectivity index (χ3v) is 6.35. The lowest BCUT2D eigenvalue weighted by atomic mass is 9.99. The monoisotopic (exact) mass is 377 g/mol. The van der Waals surface area contributed by atoms with Crippen LogP contribution in [0.2, 0.25) is 0 Å². The molecule has 138 valence electrons. The van der Waals surface area contributed by atoms with Crippen LogP contribution in [-0.2, 0) is 0 Å². The van der Waals surface area contributed by atoms with Gasteiger partial charge in [-0.1, -0.05) is 6.42 Å². The van der Waals surface area contributed by atoms with Crippen molar-refractivity contribution in [1.82, 2.24) is 19.9 Å². The fraction of sp³-hybridized carbons (Fsp3) is 0.381. The summed E-state index contributed by atoms with van der Waals surface area (Å²) in [4.78, 5) is 19.1. The highest BCUT2D eigenvalue weighted by atomic mass is 32.1. The molecular formula is C21H23N5S. The number of aromatic nitrogens is 3. The maximum atomic E-state index is 5.02. The molecule has 0 radical (unpaired) electrons. The summed E-state index contributed by atoms with van der Waals surface area (Å²) in [5.41, 5.74) is 4.25. The molecule has 0 N–H and O–H groups in total. The molecule has 0 bridgehead atoms. The Morgan fingerprint density at radius 1 is 1.04 bits per heavy atom. The van der Waals surface area contributed by atoms with Crippen molar-refractivity contribution < 1.29 is 0 Å². The van der Waals surface area contributed by atoms with Gasteiger partial charge in [-0.25, -0.2) is 9.97 Å². The van der Waals surface area contributed by atoms with Crippen LogP contribution in [-0.4, -0.2) is 52.1 Å². The molecule has 5 nitrogen and oxygen atoms in total. The number of thiophene rings is 1. The number of rotatable bonds is 3. The Morgan fingerprint density at radius 2 is 2.04 bits per heavy atom. The smallest absolute Gasteiger partial charge is 0.225 e. The molecule has 0 saturated carbocycles. The van der Waals surface area contributed by atoms with Crippen molar-refractivity contribution in [3.05, 3.63) is 47.5 Å². The highest BCUT2D eigenvalue weighted by Gasteiger charge is 2.30. The minimum atomic E-state index is 0.648. The summed E-state index contributed by atoms with van der Waals surface area (Å²) in [5, 5.41) is 4.25. The minimum absolute atomic E-state index is 0.648. The Morgan fingerprint density at radius 3 is 2.89 bits per heavy atom. The number of piperidine rings is 1. The normalized spacial score (nSPS) is 20.4. The Kier molecular flexibility index (Phi) is 4.59. The number of pyridine rings is 1. The van der Waals surface area contributed by atoms with Crippen LogP contribution in [0.5, 0.6) is 0 Å². The summed E-state index contributed by atoms with van der Waals surface area (Å²) >= 11 is 1.70. The highest BCUT2D eigenvalue weighted by molar-refractivity contribution is 7.08. The second-order valence-electron chi connectivity index (χ2n) is 7.32. The second-order valence-corrected chi connectivity index (χ2v) is 8.10. The van der Waals surface area contributed by atoms with Crippen LogP contribution in [0.25, 0.3) is 22.4 Å². The molecule has 5 rings (SSSR count). The van der Waals surface area contributed by atoms with Gasteiger partial charge in [-0.3, -0.25) is 9.88 Å². The van der Waals surface area contributed by atoms with Crippen LogP contribution in [0.4, 0.5) is 5.95 Å². The lowest BCUT2D eigenvalue weighted by Crippen LogP contribution is -2.55. The summed E-state index contributed by atoms with van der Waals surface area (Å²) in [6.45, 7) is 4.39. The van der Waals surface area contributed by atoms with Crippen LogP contribution in [0, 0.1) is 0 Å². The first-order valence-electron chi connectivity index (χ1n) is 9.67. The van der Waals surface area contributed by atoms with Gasteiger partial charge in [-0.2, -0.15) is 11.3 Å². The van der Waals surface area contributed by atoms with E-state index in [0.717, 1.165) is 42.4 Å². The van der Waals surface area contributed by atoms with Gasteiger partial charge in [-0.15, -0.1) is 0 Å². The number of hydrogen-bond donors (Lipinski definition) is 0. The molecule has 2 fully saturated rings. The third-order valence-electron chi connectivity index (χ3n) is 5.66. The molecule has 3 aromatic rings. The standard InChI is InChI=1S/C21H23N5S/c1-2-8-25-9-10-26(14-18(25)5-1)21-23-13-19(17-6-11-27-15-17)20(24-21)16-4-3-7-22-12-16/h3-4,6-7,11-13,15,18H,1-2,5,8-10,14H2/t18-/m1/s1. The van der Waals surface area contributed by atoms with E-state index in [2.05, 4.69) is 37.7 Å². The topological polar surface area (TPSA) is 45.2 Å². The molecule has 2 aliphatic rings. The van der Waals surface area contributed by atoms with Crippen molar-refractivity contribution in [3.8, 4) is 22.4 Å². The molecule has 3 aromatic heterocycles. The van der Waals surface area contributed by atoms with E-state index in [1.807, 2.05) is 18.5 Å². The fourth-order valence-corrected chi connectivity index (χ4v) is 4.87. The lowest BCUT2D eigenvalue weighted by molar-refractivity contribution is 0.133. The van der Waals surface area contributed by atoms with Crippen LogP contribution >= 0.6 is 11.3 Å². The van der Waals surface area contributed by atoms with E-state index in [9.17, 15) is 0 Å². The van der Waals surface area contributed by atoms with E-state index >= 15 is 0 Å². The van der Waals surface area contributed by atoms with Gasteiger partial charge < -0.3 is 4.90 Å². The SMILES string of the molecule is c1cncc(-c2nc(N3CCN4CCCC[C@@H]4C3)ncc2-c2ccsc2)c1. The van der Waals surface area contributed by atoms with E-state index in [4.69, 9.17) is 9.97 Å². The molecule has 0 aliphatic carbocycles. The Bertz CT molecular complexity index is 896. The zero-order valence-corrected chi connectivity index (χ0v) is 16.1. The predicted molar refractivity (Wildman–Crippen MR) is 110 cm³/mol. The largest absolute Gasteiger partial charge is 0.338 e. The van der Waals surface area contributed by atoms with Gasteiger partial charge in [0, 0.05) is 55.4 Å². The number of anilines is 1. The Labute approximate surface area is 163 Å². The number of fused-ring (bicyclic) bond motifs is 1. The molecule has 2 saturated heterocycles. The van der Waals surface area contributed by atoms with Crippen molar-refractivity contribution in [2.45, 2.75) is 25.3 Å². The van der Waals surface area contributed by atoms with E-state index in [-0.39, 0.29) is 0 Å². The van der Waals surface area contributed by atoms with Gasteiger partial charge in [0.25, 0.3) is 0 Å². The van der Waals surface area contributed by atoms with Crippen molar-refractivity contribution in [2.75, 3.05) is 31.1 Å². The molecule has 27 heavy (non-hydrogen) atoms. The van der Waals surface area contributed by atoms with Gasteiger partial charge in [0.15, 0.2) is 0 Å². The molecule has 0 unspecified atom stereocenters. The van der Waals surface area contributed by atoms with E-state index < -0.39 is 0 Å². The maximum Gasteiger partial charge on any atom is 0.225 e. The van der Waals surface area contributed by atoms with Crippen LogP contribution in [0.3, 0.4) is 0 Å². The van der Waals surface area contributed by atoms with E-state index in [1.165, 1.54) is 31.4 Å². The summed E-state index contributed by atoms with van der Waals surface area (Å²) in [5.74, 6) is 0.845. The fourth-order valence-electron chi connectivity index (χ4n) is 4.21. The first-order valence-corrected chi connectivity index (χ1v) is 10.6. The molecule has 0 amide bonds. The zero-order valence-electron chi connectivity index (χ0n) is 15.3. The molecule has 0 spiro atoms. The zero-order chi connectivity index (χ0) is 18.1. The van der Waals surface area contributed by atoms with Gasteiger partial charge in [0.05, 0.1) is 5.69 Å². The molecule has 0 aromatic carbocycles. The van der Waals surface area contributed by atoms with Crippen molar-refractivity contribution >= 4 is 17.3 Å². The van der Waals surface area contributed by atoms with E-state index in [0.29, 0.717) is 6.04 Å². The first kappa shape index (κ1) is 16.8. The predicted octanol–water partition coefficient (Wildman–Crippen LogP) is 3.94. The van der Waals surface area contributed by atoms with Gasteiger partial charge in [0.1, 0.15) is 0 Å². The number of nitrogens with zero attached hydrogens (tertiary/aromatic N) is 5. The van der Waals surface area contributed by atoms with Crippen LogP contribution < -0.4 is 4.90 Å². The minimum Gasteiger partial charge on any atom is -0.338 e. The molecule has 6 heteroatoms. The molecule has 2 aliphatic heterocycles. The Balaban J connectivity index is 1.51. The second kappa shape index (κ2) is 7.37. The van der Waals surface area contributed by atoms with Crippen molar-refractivity contribution in [2.24, 2.45) is 0 Å². The summed E-state index contributed by atoms with van der Waals surface area (Å²) in [7, 11) is 0. The number of hydrogen-bond acceptors (Lipinski definition) is 6. The van der Waals surface area contributed by atoms with Gasteiger partial charge in [0.2, 0.25) is 5.95 Å². The van der Waals surface area contributed by atoms with Crippen molar-refractivity contribution in [1.29, 1.82) is 0 Å². The number of piperazine rings is 1. The quantitative estimate of drug-likeness (QED) is 0.692. The summed E-state index contributed by atoms with van der Waals surface area (Å²) < 4.78 is 0. The highest BCUT2D eigenvalue weighted by Crippen LogP contribution is 2.33. The molecular weight excluding hydrogens is 354 g/mol. The summed E-state index contributed by atoms with van der Waals surface area (Å²) in [6.07, 6.45) is 9.65. The summed E-state index contributed by atoms with van der Waals surface area (Å²) in [6, 6.07) is 6.82. The average molecular weight is 378 g/mol.